The highest BCUT2D eigenvalue weighted by atomic mass is 32.2. The summed E-state index contributed by atoms with van der Waals surface area (Å²) in [6, 6.07) is 0. The lowest BCUT2D eigenvalue weighted by atomic mass is 10.4. The molecule has 0 spiro atoms. The molecule has 2 nitrogen and oxygen atoms in total. The van der Waals surface area contributed by atoms with Crippen molar-refractivity contribution in [2.75, 3.05) is 12.8 Å². The van der Waals surface area contributed by atoms with Crippen LogP contribution in [-0.2, 0) is 0 Å². The molecule has 0 aliphatic rings. The van der Waals surface area contributed by atoms with Crippen molar-refractivity contribution in [2.24, 2.45) is 5.84 Å². The van der Waals surface area contributed by atoms with Gasteiger partial charge in [0, 0.05) is 12.8 Å². The minimum absolute atomic E-state index is 0.772. The second-order valence-electron chi connectivity index (χ2n) is 2.08. The van der Waals surface area contributed by atoms with Gasteiger partial charge in [-0.3, -0.25) is 5.01 Å². The highest BCUT2D eigenvalue weighted by molar-refractivity contribution is 8.22. The summed E-state index contributed by atoms with van der Waals surface area (Å²) in [5.74, 6) is 6.47. The number of rotatable bonds is 3. The molecule has 0 aromatic rings. The van der Waals surface area contributed by atoms with Crippen molar-refractivity contribution in [1.29, 1.82) is 0 Å². The van der Waals surface area contributed by atoms with Crippen LogP contribution < -0.4 is 5.84 Å². The maximum Gasteiger partial charge on any atom is 0.150 e. The fraction of sp³-hybridized carbons (Fsp3) is 0.833. The fourth-order valence-electron chi connectivity index (χ4n) is 0.406. The topological polar surface area (TPSA) is 29.3 Å². The molecular weight excluding hydrogens is 164 g/mol. The number of hydrogen-bond acceptors (Lipinski definition) is 3. The summed E-state index contributed by atoms with van der Waals surface area (Å²) < 4.78 is 0.772. The third-order valence-electron chi connectivity index (χ3n) is 1.01. The first-order valence-corrected chi connectivity index (χ1v) is 4.73. The second kappa shape index (κ2) is 5.95. The largest absolute Gasteiger partial charge is 0.299 e. The lowest BCUT2D eigenvalue weighted by Crippen LogP contribution is -2.29. The predicted octanol–water partition coefficient (Wildman–Crippen LogP) is 1.61. The number of hydrogen-bond donors (Lipinski definition) is 1. The summed E-state index contributed by atoms with van der Waals surface area (Å²) in [5, 5.41) is 1.48. The number of unbranched alkanes of at least 4 members (excludes halogenated alkanes) is 1. The van der Waals surface area contributed by atoms with E-state index in [9.17, 15) is 0 Å². The first-order valence-electron chi connectivity index (χ1n) is 3.33. The van der Waals surface area contributed by atoms with Gasteiger partial charge in [-0.05, 0) is 6.42 Å². The average molecular weight is 178 g/mol. The zero-order chi connectivity index (χ0) is 7.98. The van der Waals surface area contributed by atoms with E-state index in [0.717, 1.165) is 10.1 Å². The molecule has 60 valence electrons. The van der Waals surface area contributed by atoms with Crippen LogP contribution in [0.15, 0.2) is 0 Å². The summed E-state index contributed by atoms with van der Waals surface area (Å²) in [4.78, 5) is 0. The molecule has 0 aromatic carbocycles. The highest BCUT2D eigenvalue weighted by Gasteiger charge is 1.97. The lowest BCUT2D eigenvalue weighted by Gasteiger charge is -2.11. The Morgan fingerprint density at radius 3 is 2.70 bits per heavy atom. The Morgan fingerprint density at radius 2 is 2.30 bits per heavy atom. The van der Waals surface area contributed by atoms with Gasteiger partial charge in [-0.1, -0.05) is 37.3 Å². The molecule has 0 saturated heterocycles. The van der Waals surface area contributed by atoms with Crippen LogP contribution in [0.2, 0.25) is 0 Å². The number of hydrazine groups is 1. The van der Waals surface area contributed by atoms with Crippen LogP contribution >= 0.6 is 24.0 Å². The maximum atomic E-state index is 5.39. The van der Waals surface area contributed by atoms with Crippen LogP contribution in [0.25, 0.3) is 0 Å². The zero-order valence-corrected chi connectivity index (χ0v) is 8.10. The molecule has 0 fully saturated rings. The van der Waals surface area contributed by atoms with Gasteiger partial charge in [0.25, 0.3) is 0 Å². The lowest BCUT2D eigenvalue weighted by molar-refractivity contribution is 0.560. The smallest absolute Gasteiger partial charge is 0.150 e. The van der Waals surface area contributed by atoms with Gasteiger partial charge in [0.2, 0.25) is 0 Å². The molecular formula is C6H14N2S2. The number of nitrogens with zero attached hydrogens (tertiary/aromatic N) is 1. The monoisotopic (exact) mass is 178 g/mol. The molecule has 0 saturated carbocycles. The molecule has 0 bridgehead atoms. The molecule has 0 aromatic heterocycles. The van der Waals surface area contributed by atoms with E-state index in [1.54, 1.807) is 18.8 Å². The molecule has 0 heterocycles. The van der Waals surface area contributed by atoms with E-state index in [4.69, 9.17) is 18.1 Å². The molecule has 0 rings (SSSR count). The maximum absolute atomic E-state index is 5.39. The molecule has 0 aliphatic carbocycles. The molecule has 0 radical (unpaired) electrons. The predicted molar refractivity (Wildman–Crippen MR) is 51.9 cm³/mol. The molecule has 0 atom stereocenters. The Labute approximate surface area is 72.1 Å². The van der Waals surface area contributed by atoms with Crippen molar-refractivity contribution >= 4 is 28.3 Å². The summed E-state index contributed by atoms with van der Waals surface area (Å²) >= 11 is 6.60. The molecule has 0 unspecified atom stereocenters. The van der Waals surface area contributed by atoms with Gasteiger partial charge in [-0.15, -0.1) is 0 Å². The zero-order valence-electron chi connectivity index (χ0n) is 6.46. The summed E-state index contributed by atoms with van der Waals surface area (Å²) in [5.41, 5.74) is 0. The van der Waals surface area contributed by atoms with Crippen LogP contribution in [0.4, 0.5) is 0 Å². The van der Waals surface area contributed by atoms with E-state index in [1.165, 1.54) is 17.9 Å². The van der Waals surface area contributed by atoms with Gasteiger partial charge < -0.3 is 0 Å². The molecule has 2 N–H and O–H groups in total. The third kappa shape index (κ3) is 5.02. The number of thiocarbonyl (C=S) groups is 1. The van der Waals surface area contributed by atoms with Gasteiger partial charge in [0.05, 0.1) is 0 Å². The van der Waals surface area contributed by atoms with E-state index in [2.05, 4.69) is 6.92 Å². The van der Waals surface area contributed by atoms with Gasteiger partial charge in [0.15, 0.2) is 0 Å². The first-order chi connectivity index (χ1) is 4.68. The Balaban J connectivity index is 3.22. The SMILES string of the molecule is CCCCSC(=S)N(C)N. The Hall–Kier alpha value is 0.200. The summed E-state index contributed by atoms with van der Waals surface area (Å²) in [6.45, 7) is 2.16. The van der Waals surface area contributed by atoms with Crippen LogP contribution in [0.5, 0.6) is 0 Å². The van der Waals surface area contributed by atoms with Crippen molar-refractivity contribution < 1.29 is 0 Å². The highest BCUT2D eigenvalue weighted by Crippen LogP contribution is 2.07. The van der Waals surface area contributed by atoms with E-state index >= 15 is 0 Å². The van der Waals surface area contributed by atoms with Gasteiger partial charge >= 0.3 is 0 Å². The van der Waals surface area contributed by atoms with Crippen LogP contribution in [0.3, 0.4) is 0 Å². The van der Waals surface area contributed by atoms with Crippen LogP contribution in [0, 0.1) is 0 Å². The third-order valence-corrected chi connectivity index (χ3v) is 2.68. The summed E-state index contributed by atoms with van der Waals surface area (Å²) in [7, 11) is 1.77. The van der Waals surface area contributed by atoms with Crippen LogP contribution in [0.1, 0.15) is 19.8 Å². The van der Waals surface area contributed by atoms with Crippen molar-refractivity contribution in [3.8, 4) is 0 Å². The molecule has 0 aliphatic heterocycles. The van der Waals surface area contributed by atoms with Crippen molar-refractivity contribution in [1.82, 2.24) is 5.01 Å². The van der Waals surface area contributed by atoms with E-state index < -0.39 is 0 Å². The van der Waals surface area contributed by atoms with Gasteiger partial charge in [-0.25, -0.2) is 5.84 Å². The second-order valence-corrected chi connectivity index (χ2v) is 3.81. The Kier molecular flexibility index (Phi) is 6.06. The molecule has 4 heteroatoms. The Bertz CT molecular complexity index is 104. The van der Waals surface area contributed by atoms with Crippen molar-refractivity contribution in [2.45, 2.75) is 19.8 Å². The minimum Gasteiger partial charge on any atom is -0.299 e. The number of nitrogens with two attached hydrogens (primary N) is 1. The minimum atomic E-state index is 0.772. The molecule has 0 amide bonds. The number of thioether (sulfide) groups is 1. The first kappa shape index (κ1) is 10.2. The van der Waals surface area contributed by atoms with Gasteiger partial charge in [0.1, 0.15) is 4.32 Å². The van der Waals surface area contributed by atoms with E-state index in [0.29, 0.717) is 0 Å². The van der Waals surface area contributed by atoms with Crippen molar-refractivity contribution in [3.05, 3.63) is 0 Å². The fourth-order valence-corrected chi connectivity index (χ4v) is 1.47. The van der Waals surface area contributed by atoms with E-state index in [-0.39, 0.29) is 0 Å². The normalized spacial score (nSPS) is 9.50. The quantitative estimate of drug-likeness (QED) is 0.308. The van der Waals surface area contributed by atoms with Crippen molar-refractivity contribution in [3.63, 3.8) is 0 Å². The molecule has 10 heavy (non-hydrogen) atoms. The summed E-state index contributed by atoms with van der Waals surface area (Å²) in [6.07, 6.45) is 2.42. The van der Waals surface area contributed by atoms with Crippen LogP contribution in [-0.4, -0.2) is 22.1 Å². The standard InChI is InChI=1S/C6H14N2S2/c1-3-4-5-10-6(9)8(2)7/h3-5,7H2,1-2H3. The average Bonchev–Trinajstić information content (AvgIpc) is 1.88. The Morgan fingerprint density at radius 1 is 1.70 bits per heavy atom. The van der Waals surface area contributed by atoms with Gasteiger partial charge in [-0.2, -0.15) is 0 Å². The van der Waals surface area contributed by atoms with E-state index in [1.807, 2.05) is 0 Å².